The van der Waals surface area contributed by atoms with Crippen molar-refractivity contribution in [2.45, 2.75) is 0 Å². The second-order valence-corrected chi connectivity index (χ2v) is 4.94. The maximum absolute atomic E-state index is 4.37. The molecule has 0 saturated carbocycles. The molecule has 0 amide bonds. The summed E-state index contributed by atoms with van der Waals surface area (Å²) in [4.78, 5) is 7.52. The Hall–Kier alpha value is -2.14. The van der Waals surface area contributed by atoms with E-state index >= 15 is 0 Å². The molecule has 0 radical (unpaired) electrons. The van der Waals surface area contributed by atoms with E-state index < -0.39 is 0 Å². The third-order valence-electron chi connectivity index (χ3n) is 2.64. The van der Waals surface area contributed by atoms with Gasteiger partial charge in [-0.3, -0.25) is 0 Å². The normalized spacial score (nSPS) is 11.2. The number of H-pyrrole nitrogens is 1. The van der Waals surface area contributed by atoms with Crippen molar-refractivity contribution in [3.63, 3.8) is 0 Å². The monoisotopic (exact) mass is 314 g/mol. The number of halogens is 1. The second kappa shape index (κ2) is 5.24. The summed E-state index contributed by atoms with van der Waals surface area (Å²) in [6, 6.07) is 15.8. The van der Waals surface area contributed by atoms with E-state index in [1.807, 2.05) is 48.5 Å². The number of hydrogen-bond donors (Lipinski definition) is 2. The summed E-state index contributed by atoms with van der Waals surface area (Å²) in [5.41, 5.74) is 5.82. The maximum Gasteiger partial charge on any atom is 0.222 e. The Kier molecular flexibility index (Phi) is 3.29. The van der Waals surface area contributed by atoms with Crippen LogP contribution in [-0.2, 0) is 0 Å². The van der Waals surface area contributed by atoms with Crippen LogP contribution < -0.4 is 5.43 Å². The Morgan fingerprint density at radius 3 is 2.68 bits per heavy atom. The number of anilines is 1. The molecule has 5 heteroatoms. The lowest BCUT2D eigenvalue weighted by atomic mass is 10.2. The van der Waals surface area contributed by atoms with Crippen LogP contribution in [0.1, 0.15) is 5.56 Å². The average Bonchev–Trinajstić information content (AvgIpc) is 2.83. The number of aromatic nitrogens is 2. The first-order valence-electron chi connectivity index (χ1n) is 5.81. The molecule has 0 saturated heterocycles. The molecular formula is C14H11BrN4. The van der Waals surface area contributed by atoms with E-state index in [0.717, 1.165) is 21.1 Å². The van der Waals surface area contributed by atoms with E-state index in [4.69, 9.17) is 0 Å². The maximum atomic E-state index is 4.37. The van der Waals surface area contributed by atoms with Crippen LogP contribution in [0.5, 0.6) is 0 Å². The number of nitrogens with zero attached hydrogens (tertiary/aromatic N) is 2. The highest BCUT2D eigenvalue weighted by Gasteiger charge is 1.99. The van der Waals surface area contributed by atoms with Gasteiger partial charge in [-0.2, -0.15) is 5.10 Å². The van der Waals surface area contributed by atoms with Gasteiger partial charge in [-0.15, -0.1) is 0 Å². The quantitative estimate of drug-likeness (QED) is 0.571. The molecule has 0 spiro atoms. The SMILES string of the molecule is Brc1ccc(/C=N\Nc2nc3ccccc3[nH]2)cc1. The Bertz CT molecular complexity index is 683. The van der Waals surface area contributed by atoms with Gasteiger partial charge >= 0.3 is 0 Å². The van der Waals surface area contributed by atoms with Crippen molar-refractivity contribution in [2.75, 3.05) is 5.43 Å². The smallest absolute Gasteiger partial charge is 0.222 e. The molecule has 19 heavy (non-hydrogen) atoms. The standard InChI is InChI=1S/C14H11BrN4/c15-11-7-5-10(6-8-11)9-16-19-14-17-12-3-1-2-4-13(12)18-14/h1-9H,(H2,17,18,19)/b16-9-. The molecule has 2 aromatic carbocycles. The zero-order chi connectivity index (χ0) is 13.1. The molecule has 3 rings (SSSR count). The lowest BCUT2D eigenvalue weighted by Crippen LogP contribution is -1.92. The fourth-order valence-corrected chi connectivity index (χ4v) is 1.99. The van der Waals surface area contributed by atoms with Crippen LogP contribution in [0.15, 0.2) is 58.1 Å². The van der Waals surface area contributed by atoms with Gasteiger partial charge in [0.1, 0.15) is 0 Å². The number of hydrazone groups is 1. The lowest BCUT2D eigenvalue weighted by Gasteiger charge is -1.94. The molecule has 0 aliphatic rings. The van der Waals surface area contributed by atoms with Crippen molar-refractivity contribution in [1.29, 1.82) is 0 Å². The molecule has 0 aliphatic heterocycles. The van der Waals surface area contributed by atoms with Crippen LogP contribution >= 0.6 is 15.9 Å². The fourth-order valence-electron chi connectivity index (χ4n) is 1.72. The van der Waals surface area contributed by atoms with Crippen LogP contribution in [0.25, 0.3) is 11.0 Å². The van der Waals surface area contributed by atoms with Crippen LogP contribution in [-0.4, -0.2) is 16.2 Å². The number of fused-ring (bicyclic) bond motifs is 1. The highest BCUT2D eigenvalue weighted by molar-refractivity contribution is 9.10. The predicted octanol–water partition coefficient (Wildman–Crippen LogP) is 3.77. The number of rotatable bonds is 3. The summed E-state index contributed by atoms with van der Waals surface area (Å²) >= 11 is 3.39. The molecule has 0 unspecified atom stereocenters. The number of aromatic amines is 1. The third kappa shape index (κ3) is 2.82. The molecule has 2 N–H and O–H groups in total. The minimum Gasteiger partial charge on any atom is -0.323 e. The number of para-hydroxylation sites is 2. The van der Waals surface area contributed by atoms with Gasteiger partial charge in [0.25, 0.3) is 0 Å². The van der Waals surface area contributed by atoms with Gasteiger partial charge in [0, 0.05) is 4.47 Å². The molecule has 0 atom stereocenters. The summed E-state index contributed by atoms with van der Waals surface area (Å²) in [5, 5.41) is 4.15. The topological polar surface area (TPSA) is 53.1 Å². The minimum atomic E-state index is 0.634. The van der Waals surface area contributed by atoms with Crippen LogP contribution in [0, 0.1) is 0 Å². The van der Waals surface area contributed by atoms with Gasteiger partial charge in [-0.05, 0) is 29.8 Å². The molecule has 4 nitrogen and oxygen atoms in total. The van der Waals surface area contributed by atoms with Crippen molar-refractivity contribution < 1.29 is 0 Å². The third-order valence-corrected chi connectivity index (χ3v) is 3.17. The second-order valence-electron chi connectivity index (χ2n) is 4.02. The first-order valence-corrected chi connectivity index (χ1v) is 6.60. The van der Waals surface area contributed by atoms with E-state index in [9.17, 15) is 0 Å². The van der Waals surface area contributed by atoms with Crippen molar-refractivity contribution in [2.24, 2.45) is 5.10 Å². The average molecular weight is 315 g/mol. The number of imidazole rings is 1. The molecule has 94 valence electrons. The Morgan fingerprint density at radius 2 is 1.89 bits per heavy atom. The predicted molar refractivity (Wildman–Crippen MR) is 81.5 cm³/mol. The zero-order valence-corrected chi connectivity index (χ0v) is 11.6. The van der Waals surface area contributed by atoms with Crippen molar-refractivity contribution in [3.05, 3.63) is 58.6 Å². The van der Waals surface area contributed by atoms with Gasteiger partial charge in [-0.1, -0.05) is 40.2 Å². The van der Waals surface area contributed by atoms with Crippen LogP contribution in [0.3, 0.4) is 0 Å². The lowest BCUT2D eigenvalue weighted by molar-refractivity contribution is 1.21. The molecule has 0 fully saturated rings. The van der Waals surface area contributed by atoms with E-state index in [-0.39, 0.29) is 0 Å². The highest BCUT2D eigenvalue weighted by Crippen LogP contribution is 2.13. The molecular weight excluding hydrogens is 304 g/mol. The number of hydrogen-bond acceptors (Lipinski definition) is 3. The molecule has 1 aromatic heterocycles. The fraction of sp³-hybridized carbons (Fsp3) is 0. The van der Waals surface area contributed by atoms with Crippen molar-refractivity contribution in [1.82, 2.24) is 9.97 Å². The van der Waals surface area contributed by atoms with Gasteiger partial charge in [-0.25, -0.2) is 10.4 Å². The summed E-state index contributed by atoms with van der Waals surface area (Å²) < 4.78 is 1.05. The first kappa shape index (κ1) is 11.9. The van der Waals surface area contributed by atoms with E-state index in [1.165, 1.54) is 0 Å². The number of benzene rings is 2. The first-order chi connectivity index (χ1) is 9.31. The van der Waals surface area contributed by atoms with E-state index in [0.29, 0.717) is 5.95 Å². The Morgan fingerprint density at radius 1 is 1.11 bits per heavy atom. The van der Waals surface area contributed by atoms with E-state index in [1.54, 1.807) is 6.21 Å². The van der Waals surface area contributed by atoms with Crippen LogP contribution in [0.4, 0.5) is 5.95 Å². The van der Waals surface area contributed by atoms with Gasteiger partial charge in [0.2, 0.25) is 5.95 Å². The molecule has 0 bridgehead atoms. The summed E-state index contributed by atoms with van der Waals surface area (Å²) in [5.74, 6) is 0.634. The van der Waals surface area contributed by atoms with Crippen molar-refractivity contribution >= 4 is 39.1 Å². The zero-order valence-electron chi connectivity index (χ0n) is 9.97. The Balaban J connectivity index is 1.73. The van der Waals surface area contributed by atoms with Gasteiger partial charge < -0.3 is 4.98 Å². The largest absolute Gasteiger partial charge is 0.323 e. The van der Waals surface area contributed by atoms with E-state index in [2.05, 4.69) is 36.4 Å². The minimum absolute atomic E-state index is 0.634. The highest BCUT2D eigenvalue weighted by atomic mass is 79.9. The van der Waals surface area contributed by atoms with Crippen molar-refractivity contribution in [3.8, 4) is 0 Å². The molecule has 1 heterocycles. The molecule has 3 aromatic rings. The molecule has 0 aliphatic carbocycles. The Labute approximate surface area is 118 Å². The van der Waals surface area contributed by atoms with Gasteiger partial charge in [0.05, 0.1) is 17.2 Å². The summed E-state index contributed by atoms with van der Waals surface area (Å²) in [6.45, 7) is 0. The summed E-state index contributed by atoms with van der Waals surface area (Å²) in [7, 11) is 0. The summed E-state index contributed by atoms with van der Waals surface area (Å²) in [6.07, 6.45) is 1.75. The van der Waals surface area contributed by atoms with Crippen LogP contribution in [0.2, 0.25) is 0 Å². The van der Waals surface area contributed by atoms with Gasteiger partial charge in [0.15, 0.2) is 0 Å². The number of nitrogens with one attached hydrogen (secondary N) is 2.